The number of nitrogens with zero attached hydrogens (tertiary/aromatic N) is 1. The maximum absolute atomic E-state index is 13.2. The summed E-state index contributed by atoms with van der Waals surface area (Å²) >= 11 is 5.14. The van der Waals surface area contributed by atoms with Gasteiger partial charge < -0.3 is 15.2 Å². The molecule has 11 heteroatoms. The molecule has 194 valence electrons. The molecule has 1 unspecified atom stereocenters. The number of benzene rings is 2. The van der Waals surface area contributed by atoms with Crippen LogP contribution in [0.25, 0.3) is 0 Å². The van der Waals surface area contributed by atoms with Crippen LogP contribution >= 0.6 is 12.2 Å². The Kier molecular flexibility index (Phi) is 7.69. The minimum atomic E-state index is -4.90. The lowest BCUT2D eigenvalue weighted by Gasteiger charge is -2.34. The third kappa shape index (κ3) is 6.19. The topological polar surface area (TPSA) is 78.6 Å². The monoisotopic (exact) mass is 549 g/mol. The molecule has 2 aromatic carbocycles. The molecule has 0 saturated heterocycles. The first kappa shape index (κ1) is 26.8. The van der Waals surface area contributed by atoms with E-state index in [-0.39, 0.29) is 18.8 Å². The van der Waals surface area contributed by atoms with Crippen LogP contribution in [-0.2, 0) is 10.0 Å². The molecule has 0 spiro atoms. The normalized spacial score (nSPS) is 19.8. The highest BCUT2D eigenvalue weighted by molar-refractivity contribution is 7.91. The molecule has 4 rings (SSSR count). The molecule has 0 saturated carbocycles. The van der Waals surface area contributed by atoms with Gasteiger partial charge in [-0.1, -0.05) is 30.4 Å². The molecule has 0 fully saturated rings. The number of sulfonamides is 1. The standard InChI is InChI=1S/C26H24F3N2O4S2/c27-26(28,29)18-37(32,33)31(15-3-4-19(16-30)17-31)20-7-9-21(10-8-20)34-24-5-1-2-6-25(24)35-22-11-13-23(36)14-12-22/h1-13,17H,14-16,18,30H2/q+1. The lowest BCUT2D eigenvalue weighted by Crippen LogP contribution is -2.54. The Bertz CT molecular complexity index is 1410. The van der Waals surface area contributed by atoms with Crippen molar-refractivity contribution >= 4 is 32.8 Å². The minimum absolute atomic E-state index is 0.0204. The van der Waals surface area contributed by atoms with Crippen molar-refractivity contribution in [1.82, 2.24) is 3.89 Å². The van der Waals surface area contributed by atoms with Gasteiger partial charge in [-0.2, -0.15) is 25.5 Å². The summed E-state index contributed by atoms with van der Waals surface area (Å²) in [5, 5.41) is 0. The van der Waals surface area contributed by atoms with Gasteiger partial charge in [-0.15, -0.1) is 0 Å². The number of thiocarbonyl (C=S) groups is 1. The number of quaternary nitrogens is 1. The number of para-hydroxylation sites is 2. The Morgan fingerprint density at radius 2 is 1.65 bits per heavy atom. The van der Waals surface area contributed by atoms with E-state index in [4.69, 9.17) is 27.4 Å². The van der Waals surface area contributed by atoms with Crippen molar-refractivity contribution in [3.8, 4) is 17.2 Å². The number of ether oxygens (including phenoxy) is 2. The molecule has 37 heavy (non-hydrogen) atoms. The first-order valence-corrected chi connectivity index (χ1v) is 13.3. The van der Waals surface area contributed by atoms with Crippen molar-refractivity contribution < 1.29 is 31.1 Å². The highest BCUT2D eigenvalue weighted by Crippen LogP contribution is 2.38. The molecule has 0 bridgehead atoms. The Labute approximate surface area is 218 Å². The van der Waals surface area contributed by atoms with Crippen LogP contribution in [-0.4, -0.2) is 38.3 Å². The lowest BCUT2D eigenvalue weighted by molar-refractivity contribution is -0.106. The average Bonchev–Trinajstić information content (AvgIpc) is 2.85. The van der Waals surface area contributed by atoms with Crippen LogP contribution in [0.5, 0.6) is 17.2 Å². The number of hydrogen-bond donors (Lipinski definition) is 1. The zero-order valence-corrected chi connectivity index (χ0v) is 21.2. The molecule has 0 amide bonds. The Hall–Kier alpha value is -3.25. The number of hydrogen-bond acceptors (Lipinski definition) is 6. The minimum Gasteiger partial charge on any atom is -0.454 e. The summed E-state index contributed by atoms with van der Waals surface area (Å²) in [6.07, 6.45) is 5.48. The smallest absolute Gasteiger partial charge is 0.408 e. The van der Waals surface area contributed by atoms with Crippen LogP contribution in [0.4, 0.5) is 18.9 Å². The highest BCUT2D eigenvalue weighted by Gasteiger charge is 2.50. The van der Waals surface area contributed by atoms with E-state index in [1.807, 2.05) is 6.08 Å². The largest absolute Gasteiger partial charge is 0.454 e. The molecule has 1 aliphatic carbocycles. The van der Waals surface area contributed by atoms with Crippen LogP contribution in [0.3, 0.4) is 0 Å². The maximum Gasteiger partial charge on any atom is 0.408 e. The fourth-order valence-electron chi connectivity index (χ4n) is 3.93. The Balaban J connectivity index is 1.63. The van der Waals surface area contributed by atoms with E-state index in [9.17, 15) is 21.6 Å². The zero-order valence-electron chi connectivity index (χ0n) is 19.5. The molecule has 6 nitrogen and oxygen atoms in total. The molecule has 2 N–H and O–H groups in total. The summed E-state index contributed by atoms with van der Waals surface area (Å²) in [6.45, 7) is -0.224. The van der Waals surface area contributed by atoms with Crippen LogP contribution in [0.1, 0.15) is 6.42 Å². The van der Waals surface area contributed by atoms with Crippen molar-refractivity contribution in [2.75, 3.05) is 18.8 Å². The van der Waals surface area contributed by atoms with Gasteiger partial charge in [-0.25, -0.2) is 0 Å². The van der Waals surface area contributed by atoms with E-state index < -0.39 is 25.8 Å². The number of rotatable bonds is 8. The van der Waals surface area contributed by atoms with Gasteiger partial charge in [0.25, 0.3) is 0 Å². The van der Waals surface area contributed by atoms with Gasteiger partial charge in [0.1, 0.15) is 24.3 Å². The van der Waals surface area contributed by atoms with Crippen molar-refractivity contribution in [1.29, 1.82) is 0 Å². The summed E-state index contributed by atoms with van der Waals surface area (Å²) in [4.78, 5) is 0.798. The number of halogens is 3. The SMILES string of the molecule is NCC1=C[N+](c2ccc(Oc3ccccc3OC3=CCC(=S)C=C3)cc2)(S(=O)(=O)CC(F)(F)F)CC=C1. The number of nitrogens with two attached hydrogens (primary N) is 1. The lowest BCUT2D eigenvalue weighted by atomic mass is 10.2. The van der Waals surface area contributed by atoms with E-state index in [2.05, 4.69) is 0 Å². The molecule has 2 aromatic rings. The van der Waals surface area contributed by atoms with Gasteiger partial charge in [0, 0.05) is 35.5 Å². The van der Waals surface area contributed by atoms with E-state index >= 15 is 0 Å². The van der Waals surface area contributed by atoms with Crippen molar-refractivity contribution in [3.63, 3.8) is 0 Å². The maximum atomic E-state index is 13.2. The summed E-state index contributed by atoms with van der Waals surface area (Å²) < 4.78 is 76.6. The average molecular weight is 550 g/mol. The molecule has 0 aromatic heterocycles. The highest BCUT2D eigenvalue weighted by atomic mass is 32.2. The number of allylic oxidation sites excluding steroid dienone is 3. The Morgan fingerprint density at radius 1 is 0.973 bits per heavy atom. The quantitative estimate of drug-likeness (QED) is 0.337. The first-order chi connectivity index (χ1) is 17.5. The van der Waals surface area contributed by atoms with Crippen LogP contribution < -0.4 is 19.1 Å². The third-order valence-electron chi connectivity index (χ3n) is 5.68. The second kappa shape index (κ2) is 10.6. The van der Waals surface area contributed by atoms with E-state index in [1.54, 1.807) is 42.5 Å². The van der Waals surface area contributed by atoms with Crippen LogP contribution in [0.2, 0.25) is 0 Å². The van der Waals surface area contributed by atoms with Crippen LogP contribution in [0.15, 0.2) is 96.4 Å². The van der Waals surface area contributed by atoms with Crippen molar-refractivity contribution in [2.24, 2.45) is 5.73 Å². The molecule has 0 radical (unpaired) electrons. The molecule has 1 heterocycles. The van der Waals surface area contributed by atoms with Crippen molar-refractivity contribution in [2.45, 2.75) is 12.6 Å². The molecular formula is C26H24F3N2O4S2+. The molecule has 1 aliphatic heterocycles. The first-order valence-electron chi connectivity index (χ1n) is 11.2. The second-order valence-electron chi connectivity index (χ2n) is 8.39. The van der Waals surface area contributed by atoms with Gasteiger partial charge in [0.05, 0.1) is 0 Å². The van der Waals surface area contributed by atoms with E-state index in [0.717, 1.165) is 4.86 Å². The van der Waals surface area contributed by atoms with E-state index in [0.29, 0.717) is 35.0 Å². The fourth-order valence-corrected chi connectivity index (χ4v) is 5.78. The summed E-state index contributed by atoms with van der Waals surface area (Å²) in [5.74, 6) is -0.168. The van der Waals surface area contributed by atoms with Crippen LogP contribution in [0, 0.1) is 0 Å². The van der Waals surface area contributed by atoms with E-state index in [1.165, 1.54) is 36.5 Å². The van der Waals surface area contributed by atoms with Crippen molar-refractivity contribution in [3.05, 3.63) is 96.4 Å². The molecule has 2 aliphatic rings. The third-order valence-corrected chi connectivity index (χ3v) is 8.13. The van der Waals surface area contributed by atoms with Gasteiger partial charge in [0.15, 0.2) is 22.9 Å². The van der Waals surface area contributed by atoms with Gasteiger partial charge in [-0.05, 0) is 48.6 Å². The zero-order chi connectivity index (χ0) is 26.7. The summed E-state index contributed by atoms with van der Waals surface area (Å²) in [5.41, 5.74) is 6.22. The molecule has 1 atom stereocenters. The number of alkyl halides is 3. The second-order valence-corrected chi connectivity index (χ2v) is 11.0. The predicted molar refractivity (Wildman–Crippen MR) is 141 cm³/mol. The molecular weight excluding hydrogens is 525 g/mol. The Morgan fingerprint density at radius 3 is 2.24 bits per heavy atom. The van der Waals surface area contributed by atoms with Gasteiger partial charge in [0.2, 0.25) is 0 Å². The van der Waals surface area contributed by atoms with Gasteiger partial charge >= 0.3 is 16.2 Å². The van der Waals surface area contributed by atoms with Gasteiger partial charge in [-0.3, -0.25) is 0 Å². The summed E-state index contributed by atoms with van der Waals surface area (Å²) in [6, 6.07) is 12.9. The fraction of sp³-hybridized carbons (Fsp3) is 0.192. The predicted octanol–water partition coefficient (Wildman–Crippen LogP) is 5.68. The summed E-state index contributed by atoms with van der Waals surface area (Å²) in [7, 11) is -4.75.